The summed E-state index contributed by atoms with van der Waals surface area (Å²) in [5.41, 5.74) is 0.663. The van der Waals surface area contributed by atoms with Gasteiger partial charge in [0.2, 0.25) is 10.0 Å². The van der Waals surface area contributed by atoms with Crippen LogP contribution in [0.5, 0.6) is 0 Å². The average molecular weight is 365 g/mol. The third kappa shape index (κ3) is 4.29. The number of rotatable bonds is 5. The summed E-state index contributed by atoms with van der Waals surface area (Å²) < 4.78 is 38.1. The molecule has 0 amide bonds. The van der Waals surface area contributed by atoms with Crippen LogP contribution in [0.2, 0.25) is 5.02 Å². The highest BCUT2D eigenvalue weighted by molar-refractivity contribution is 7.89. The molecular weight excluding hydrogens is 344 g/mol. The smallest absolute Gasteiger partial charge is 0.243 e. The van der Waals surface area contributed by atoms with Crippen molar-refractivity contribution in [2.45, 2.75) is 11.8 Å². The van der Waals surface area contributed by atoms with Crippen LogP contribution in [0.25, 0.3) is 0 Å². The highest BCUT2D eigenvalue weighted by Gasteiger charge is 2.29. The van der Waals surface area contributed by atoms with Gasteiger partial charge in [-0.3, -0.25) is 9.11 Å². The van der Waals surface area contributed by atoms with E-state index in [2.05, 4.69) is 4.90 Å². The van der Waals surface area contributed by atoms with Crippen LogP contribution in [-0.4, -0.2) is 66.6 Å². The third-order valence-electron chi connectivity index (χ3n) is 3.78. The lowest BCUT2D eigenvalue weighted by Crippen LogP contribution is -2.49. The van der Waals surface area contributed by atoms with E-state index in [0.717, 1.165) is 6.54 Å². The number of sulfonamides is 1. The molecule has 1 atom stereocenters. The summed E-state index contributed by atoms with van der Waals surface area (Å²) in [6.07, 6.45) is 1.68. The van der Waals surface area contributed by atoms with E-state index < -0.39 is 20.8 Å². The van der Waals surface area contributed by atoms with Crippen molar-refractivity contribution in [2.75, 3.05) is 44.7 Å². The van der Waals surface area contributed by atoms with Crippen LogP contribution in [0.4, 0.5) is 0 Å². The molecular formula is C14H21ClN2O3S2. The number of benzene rings is 1. The Kier molecular flexibility index (Phi) is 6.01. The third-order valence-corrected chi connectivity index (χ3v) is 6.83. The fourth-order valence-electron chi connectivity index (χ4n) is 2.49. The predicted octanol–water partition coefficient (Wildman–Crippen LogP) is 1.33. The average Bonchev–Trinajstić information content (AvgIpc) is 2.45. The Bertz CT molecular complexity index is 656. The summed E-state index contributed by atoms with van der Waals surface area (Å²) >= 11 is 5.89. The Morgan fingerprint density at radius 1 is 1.23 bits per heavy atom. The molecule has 1 aromatic carbocycles. The summed E-state index contributed by atoms with van der Waals surface area (Å²) in [6, 6.07) is 4.84. The van der Waals surface area contributed by atoms with Gasteiger partial charge in [0.1, 0.15) is 0 Å². The number of halogens is 1. The van der Waals surface area contributed by atoms with E-state index in [0.29, 0.717) is 47.4 Å². The van der Waals surface area contributed by atoms with Crippen molar-refractivity contribution >= 4 is 32.4 Å². The zero-order chi connectivity index (χ0) is 16.3. The van der Waals surface area contributed by atoms with Gasteiger partial charge in [-0.1, -0.05) is 11.6 Å². The van der Waals surface area contributed by atoms with E-state index in [1.807, 2.05) is 0 Å². The van der Waals surface area contributed by atoms with E-state index in [4.69, 9.17) is 11.6 Å². The van der Waals surface area contributed by atoms with Crippen molar-refractivity contribution < 1.29 is 12.6 Å². The lowest BCUT2D eigenvalue weighted by Gasteiger charge is -2.34. The summed E-state index contributed by atoms with van der Waals surface area (Å²) in [5.74, 6) is 0.628. The number of hydrogen-bond acceptors (Lipinski definition) is 4. The van der Waals surface area contributed by atoms with Gasteiger partial charge in [-0.15, -0.1) is 0 Å². The largest absolute Gasteiger partial charge is 0.300 e. The summed E-state index contributed by atoms with van der Waals surface area (Å²) in [4.78, 5) is 2.47. The molecule has 1 aliphatic heterocycles. The fraction of sp³-hybridized carbons (Fsp3) is 0.571. The van der Waals surface area contributed by atoms with Gasteiger partial charge < -0.3 is 0 Å². The second-order valence-electron chi connectivity index (χ2n) is 5.43. The number of piperazine rings is 1. The van der Waals surface area contributed by atoms with Gasteiger partial charge in [0, 0.05) is 60.6 Å². The lowest BCUT2D eigenvalue weighted by molar-refractivity contribution is 0.197. The second kappa shape index (κ2) is 7.40. The van der Waals surface area contributed by atoms with E-state index in [1.54, 1.807) is 31.4 Å². The first-order valence-electron chi connectivity index (χ1n) is 7.09. The quantitative estimate of drug-likeness (QED) is 0.791. The molecule has 1 aliphatic rings. The van der Waals surface area contributed by atoms with E-state index in [-0.39, 0.29) is 0 Å². The summed E-state index contributed by atoms with van der Waals surface area (Å²) in [7, 11) is -4.29. The van der Waals surface area contributed by atoms with Crippen LogP contribution in [-0.2, 0) is 20.8 Å². The Labute approximate surface area is 139 Å². The molecule has 124 valence electrons. The first kappa shape index (κ1) is 17.9. The zero-order valence-electron chi connectivity index (χ0n) is 12.8. The van der Waals surface area contributed by atoms with Crippen LogP contribution in [0.1, 0.15) is 5.56 Å². The molecule has 1 unspecified atom stereocenters. The molecule has 0 aromatic heterocycles. The van der Waals surface area contributed by atoms with Gasteiger partial charge in [-0.2, -0.15) is 4.31 Å². The van der Waals surface area contributed by atoms with Gasteiger partial charge in [0.25, 0.3) is 0 Å². The molecule has 1 aromatic rings. The lowest BCUT2D eigenvalue weighted by atomic mass is 10.2. The normalized spacial score (nSPS) is 19.2. The first-order chi connectivity index (χ1) is 10.3. The Morgan fingerprint density at radius 3 is 2.41 bits per heavy atom. The Hall–Kier alpha value is -0.470. The number of hydrogen-bond donors (Lipinski definition) is 0. The number of aryl methyl sites for hydroxylation is 1. The predicted molar refractivity (Wildman–Crippen MR) is 90.3 cm³/mol. The molecule has 1 fully saturated rings. The standard InChI is InChI=1S/C14H21ClN2O3S2/c1-12-11-13(15)3-4-14(12)22(19,20)17-7-5-16(6-8-17)9-10-21(2)18/h3-4,11H,5-10H2,1-2H3. The molecule has 0 N–H and O–H groups in total. The van der Waals surface area contributed by atoms with Crippen LogP contribution in [0.3, 0.4) is 0 Å². The van der Waals surface area contributed by atoms with Crippen LogP contribution in [0, 0.1) is 6.92 Å². The van der Waals surface area contributed by atoms with Crippen molar-refractivity contribution in [1.29, 1.82) is 0 Å². The van der Waals surface area contributed by atoms with Crippen LogP contribution in [0.15, 0.2) is 23.1 Å². The van der Waals surface area contributed by atoms with Gasteiger partial charge in [0.05, 0.1) is 4.90 Å². The van der Waals surface area contributed by atoms with Crippen molar-refractivity contribution in [3.63, 3.8) is 0 Å². The van der Waals surface area contributed by atoms with Gasteiger partial charge in [-0.05, 0) is 30.7 Å². The molecule has 22 heavy (non-hydrogen) atoms. The maximum atomic E-state index is 12.7. The highest BCUT2D eigenvalue weighted by atomic mass is 35.5. The molecule has 1 heterocycles. The molecule has 0 radical (unpaired) electrons. The van der Waals surface area contributed by atoms with Crippen molar-refractivity contribution in [3.8, 4) is 0 Å². The molecule has 5 nitrogen and oxygen atoms in total. The Morgan fingerprint density at radius 2 is 1.86 bits per heavy atom. The first-order valence-corrected chi connectivity index (χ1v) is 10.6. The maximum absolute atomic E-state index is 12.7. The zero-order valence-corrected chi connectivity index (χ0v) is 15.2. The van der Waals surface area contributed by atoms with Crippen molar-refractivity contribution in [3.05, 3.63) is 28.8 Å². The summed E-state index contributed by atoms with van der Waals surface area (Å²) in [6.45, 7) is 4.76. The molecule has 8 heteroatoms. The van der Waals surface area contributed by atoms with Gasteiger partial charge in [0.15, 0.2) is 0 Å². The minimum absolute atomic E-state index is 0.319. The van der Waals surface area contributed by atoms with E-state index in [9.17, 15) is 12.6 Å². The fourth-order valence-corrected chi connectivity index (χ4v) is 4.86. The number of nitrogens with zero attached hydrogens (tertiary/aromatic N) is 2. The van der Waals surface area contributed by atoms with E-state index in [1.165, 1.54) is 4.31 Å². The van der Waals surface area contributed by atoms with Crippen LogP contribution < -0.4 is 0 Å². The minimum atomic E-state index is -3.48. The van der Waals surface area contributed by atoms with Gasteiger partial charge in [-0.25, -0.2) is 8.42 Å². The second-order valence-corrected chi connectivity index (χ2v) is 9.33. The monoisotopic (exact) mass is 364 g/mol. The van der Waals surface area contributed by atoms with Crippen molar-refractivity contribution in [1.82, 2.24) is 9.21 Å². The van der Waals surface area contributed by atoms with Gasteiger partial charge >= 0.3 is 0 Å². The topological polar surface area (TPSA) is 57.7 Å². The van der Waals surface area contributed by atoms with Crippen molar-refractivity contribution in [2.24, 2.45) is 0 Å². The Balaban J connectivity index is 2.05. The SMILES string of the molecule is Cc1cc(Cl)ccc1S(=O)(=O)N1CCN(CCS(C)=O)CC1. The maximum Gasteiger partial charge on any atom is 0.243 e. The molecule has 0 aliphatic carbocycles. The minimum Gasteiger partial charge on any atom is -0.300 e. The van der Waals surface area contributed by atoms with E-state index >= 15 is 0 Å². The molecule has 1 saturated heterocycles. The molecule has 0 spiro atoms. The molecule has 2 rings (SSSR count). The van der Waals surface area contributed by atoms with Crippen LogP contribution >= 0.6 is 11.6 Å². The molecule has 0 bridgehead atoms. The summed E-state index contributed by atoms with van der Waals surface area (Å²) in [5, 5.41) is 0.536. The highest BCUT2D eigenvalue weighted by Crippen LogP contribution is 2.23. The molecule has 0 saturated carbocycles.